The third kappa shape index (κ3) is 2.90. The summed E-state index contributed by atoms with van der Waals surface area (Å²) in [6.07, 6.45) is -0.468. The number of halogens is 1. The van der Waals surface area contributed by atoms with E-state index in [9.17, 15) is 9.59 Å². The summed E-state index contributed by atoms with van der Waals surface area (Å²) in [6.45, 7) is 2.61. The number of imide groups is 1. The SMILES string of the molecule is CCN1C(SCc2ccccc2Cl)=NC2C1C(=O)NC(=O)N2C. The number of amidine groups is 1. The van der Waals surface area contributed by atoms with E-state index in [4.69, 9.17) is 11.6 Å². The Labute approximate surface area is 143 Å². The van der Waals surface area contributed by atoms with Crippen LogP contribution < -0.4 is 5.32 Å². The molecule has 0 radical (unpaired) electrons. The number of nitrogens with one attached hydrogen (secondary N) is 1. The lowest BCUT2D eigenvalue weighted by molar-refractivity contribution is -0.127. The second kappa shape index (κ2) is 6.41. The van der Waals surface area contributed by atoms with Gasteiger partial charge in [-0.3, -0.25) is 10.1 Å². The van der Waals surface area contributed by atoms with Crippen LogP contribution in [0.5, 0.6) is 0 Å². The number of amides is 3. The van der Waals surface area contributed by atoms with Gasteiger partial charge < -0.3 is 9.80 Å². The molecule has 1 N–H and O–H groups in total. The summed E-state index contributed by atoms with van der Waals surface area (Å²) < 4.78 is 0. The molecular formula is C15H17ClN4O2S. The number of urea groups is 1. The molecule has 6 nitrogen and oxygen atoms in total. The van der Waals surface area contributed by atoms with Gasteiger partial charge in [0.15, 0.2) is 17.4 Å². The Morgan fingerprint density at radius 2 is 2.09 bits per heavy atom. The fourth-order valence-corrected chi connectivity index (χ4v) is 4.12. The van der Waals surface area contributed by atoms with E-state index in [0.29, 0.717) is 17.3 Å². The van der Waals surface area contributed by atoms with Gasteiger partial charge in [-0.05, 0) is 18.6 Å². The van der Waals surface area contributed by atoms with E-state index in [0.717, 1.165) is 10.7 Å². The minimum atomic E-state index is -0.468. The van der Waals surface area contributed by atoms with Gasteiger partial charge in [0.1, 0.15) is 0 Å². The highest BCUT2D eigenvalue weighted by Gasteiger charge is 2.47. The maximum Gasteiger partial charge on any atom is 0.325 e. The molecule has 122 valence electrons. The number of rotatable bonds is 3. The van der Waals surface area contributed by atoms with Gasteiger partial charge in [-0.1, -0.05) is 41.6 Å². The van der Waals surface area contributed by atoms with Gasteiger partial charge in [-0.25, -0.2) is 9.79 Å². The van der Waals surface area contributed by atoms with Crippen molar-refractivity contribution in [3.05, 3.63) is 34.9 Å². The number of carbonyl (C=O) groups excluding carboxylic acids is 2. The van der Waals surface area contributed by atoms with Gasteiger partial charge in [0.25, 0.3) is 5.91 Å². The molecule has 1 fully saturated rings. The monoisotopic (exact) mass is 352 g/mol. The molecule has 0 bridgehead atoms. The Bertz CT molecular complexity index is 681. The summed E-state index contributed by atoms with van der Waals surface area (Å²) in [7, 11) is 1.65. The molecular weight excluding hydrogens is 336 g/mol. The van der Waals surface area contributed by atoms with Crippen molar-refractivity contribution in [3.63, 3.8) is 0 Å². The Morgan fingerprint density at radius 1 is 1.35 bits per heavy atom. The molecule has 2 atom stereocenters. The van der Waals surface area contributed by atoms with E-state index in [1.165, 1.54) is 16.7 Å². The molecule has 1 saturated heterocycles. The summed E-state index contributed by atoms with van der Waals surface area (Å²) in [4.78, 5) is 31.9. The highest BCUT2D eigenvalue weighted by atomic mass is 35.5. The lowest BCUT2D eigenvalue weighted by Gasteiger charge is -2.35. The lowest BCUT2D eigenvalue weighted by Crippen LogP contribution is -2.63. The number of thioether (sulfide) groups is 1. The first kappa shape index (κ1) is 16.1. The molecule has 0 aromatic heterocycles. The lowest BCUT2D eigenvalue weighted by atomic mass is 10.1. The quantitative estimate of drug-likeness (QED) is 0.905. The number of benzene rings is 1. The number of nitrogens with zero attached hydrogens (tertiary/aromatic N) is 3. The van der Waals surface area contributed by atoms with Crippen LogP contribution in [0.25, 0.3) is 0 Å². The normalized spacial score (nSPS) is 23.7. The molecule has 1 aromatic carbocycles. The number of hydrogen-bond acceptors (Lipinski definition) is 5. The van der Waals surface area contributed by atoms with Crippen LogP contribution in [0.1, 0.15) is 12.5 Å². The molecule has 0 saturated carbocycles. The van der Waals surface area contributed by atoms with Crippen molar-refractivity contribution in [1.29, 1.82) is 0 Å². The van der Waals surface area contributed by atoms with Crippen LogP contribution in [0, 0.1) is 0 Å². The van der Waals surface area contributed by atoms with Crippen LogP contribution in [0.3, 0.4) is 0 Å². The first-order valence-electron chi connectivity index (χ1n) is 7.31. The van der Waals surface area contributed by atoms with E-state index in [-0.39, 0.29) is 5.91 Å². The molecule has 0 aliphatic carbocycles. The zero-order valence-electron chi connectivity index (χ0n) is 12.8. The number of likely N-dealkylation sites (N-methyl/N-ethyl adjacent to an activating group) is 2. The number of hydrogen-bond donors (Lipinski definition) is 1. The van der Waals surface area contributed by atoms with Gasteiger partial charge >= 0.3 is 6.03 Å². The Morgan fingerprint density at radius 3 is 2.78 bits per heavy atom. The van der Waals surface area contributed by atoms with Crippen molar-refractivity contribution in [2.45, 2.75) is 24.9 Å². The minimum absolute atomic E-state index is 0.294. The fraction of sp³-hybridized carbons (Fsp3) is 0.400. The van der Waals surface area contributed by atoms with Crippen molar-refractivity contribution in [2.75, 3.05) is 13.6 Å². The predicted octanol–water partition coefficient (Wildman–Crippen LogP) is 2.14. The number of carbonyl (C=O) groups is 2. The summed E-state index contributed by atoms with van der Waals surface area (Å²) in [6, 6.07) is 6.78. The first-order valence-corrected chi connectivity index (χ1v) is 8.67. The van der Waals surface area contributed by atoms with E-state index >= 15 is 0 Å². The summed E-state index contributed by atoms with van der Waals surface area (Å²) in [5, 5.41) is 3.85. The standard InChI is InChI=1S/C15H17ClN4O2S/c1-3-20-11-12(19(2)14(22)18-13(11)21)17-15(20)23-8-9-6-4-5-7-10(9)16/h4-7,11-12H,3,8H2,1-2H3,(H,18,21,22). The molecule has 8 heteroatoms. The van der Waals surface area contributed by atoms with Crippen LogP contribution in [0.4, 0.5) is 4.79 Å². The average Bonchev–Trinajstić information content (AvgIpc) is 2.91. The fourth-order valence-electron chi connectivity index (χ4n) is 2.71. The molecule has 3 amide bonds. The Balaban J connectivity index is 1.80. The summed E-state index contributed by atoms with van der Waals surface area (Å²) in [5.41, 5.74) is 1.02. The van der Waals surface area contributed by atoms with E-state index in [1.807, 2.05) is 36.1 Å². The van der Waals surface area contributed by atoms with E-state index in [2.05, 4.69) is 10.3 Å². The predicted molar refractivity (Wildman–Crippen MR) is 91.4 cm³/mol. The zero-order valence-corrected chi connectivity index (χ0v) is 14.4. The van der Waals surface area contributed by atoms with Gasteiger partial charge in [0.2, 0.25) is 0 Å². The Hall–Kier alpha value is -1.73. The maximum atomic E-state index is 12.2. The van der Waals surface area contributed by atoms with Crippen LogP contribution in [0.15, 0.2) is 29.3 Å². The Kier molecular flexibility index (Phi) is 4.50. The molecule has 2 unspecified atom stereocenters. The van der Waals surface area contributed by atoms with E-state index in [1.54, 1.807) is 7.05 Å². The van der Waals surface area contributed by atoms with Crippen LogP contribution in [-0.4, -0.2) is 52.7 Å². The first-order chi connectivity index (χ1) is 11.0. The van der Waals surface area contributed by atoms with Gasteiger partial charge in [-0.2, -0.15) is 0 Å². The van der Waals surface area contributed by atoms with Crippen molar-refractivity contribution >= 4 is 40.5 Å². The number of aliphatic imine (C=N–C) groups is 1. The highest BCUT2D eigenvalue weighted by molar-refractivity contribution is 8.13. The summed E-state index contributed by atoms with van der Waals surface area (Å²) in [5.74, 6) is 0.366. The topological polar surface area (TPSA) is 65.0 Å². The summed E-state index contributed by atoms with van der Waals surface area (Å²) >= 11 is 7.71. The van der Waals surface area contributed by atoms with Crippen molar-refractivity contribution in [2.24, 2.45) is 4.99 Å². The molecule has 1 aromatic rings. The smallest absolute Gasteiger partial charge is 0.325 e. The molecule has 2 aliphatic rings. The third-order valence-electron chi connectivity index (χ3n) is 3.98. The van der Waals surface area contributed by atoms with Crippen molar-refractivity contribution < 1.29 is 9.59 Å². The second-order valence-corrected chi connectivity index (χ2v) is 6.69. The zero-order chi connectivity index (χ0) is 16.6. The largest absolute Gasteiger partial charge is 0.336 e. The molecule has 3 rings (SSSR count). The molecule has 2 aliphatic heterocycles. The second-order valence-electron chi connectivity index (χ2n) is 5.34. The van der Waals surface area contributed by atoms with Gasteiger partial charge in [0, 0.05) is 24.4 Å². The highest BCUT2D eigenvalue weighted by Crippen LogP contribution is 2.30. The van der Waals surface area contributed by atoms with E-state index < -0.39 is 18.2 Å². The molecule has 2 heterocycles. The van der Waals surface area contributed by atoms with Crippen LogP contribution in [-0.2, 0) is 10.5 Å². The van der Waals surface area contributed by atoms with Gasteiger partial charge in [-0.15, -0.1) is 0 Å². The molecule has 23 heavy (non-hydrogen) atoms. The third-order valence-corrected chi connectivity index (χ3v) is 5.40. The van der Waals surface area contributed by atoms with Crippen LogP contribution in [0.2, 0.25) is 5.02 Å². The average molecular weight is 353 g/mol. The van der Waals surface area contributed by atoms with Crippen molar-refractivity contribution in [3.8, 4) is 0 Å². The maximum absolute atomic E-state index is 12.2. The van der Waals surface area contributed by atoms with Crippen LogP contribution >= 0.6 is 23.4 Å². The minimum Gasteiger partial charge on any atom is -0.336 e. The van der Waals surface area contributed by atoms with Crippen molar-refractivity contribution in [1.82, 2.24) is 15.1 Å². The number of fused-ring (bicyclic) bond motifs is 1. The van der Waals surface area contributed by atoms with Gasteiger partial charge in [0.05, 0.1) is 0 Å². The molecule has 0 spiro atoms.